The van der Waals surface area contributed by atoms with Crippen molar-refractivity contribution in [1.82, 2.24) is 10.6 Å². The quantitative estimate of drug-likeness (QED) is 0.498. The number of anilines is 1. The third-order valence-corrected chi connectivity index (χ3v) is 5.17. The van der Waals surface area contributed by atoms with Gasteiger partial charge in [0.25, 0.3) is 0 Å². The molecule has 0 spiro atoms. The van der Waals surface area contributed by atoms with Gasteiger partial charge in [0, 0.05) is 23.3 Å². The van der Waals surface area contributed by atoms with Crippen LogP contribution in [0.1, 0.15) is 58.2 Å². The first-order valence-corrected chi connectivity index (χ1v) is 11.3. The summed E-state index contributed by atoms with van der Waals surface area (Å²) >= 11 is 0. The minimum Gasteiger partial charge on any atom is -0.383 e. The lowest BCUT2D eigenvalue weighted by Gasteiger charge is -2.16. The summed E-state index contributed by atoms with van der Waals surface area (Å²) in [7, 11) is 0. The molecule has 1 atom stereocenters. The molecule has 5 nitrogen and oxygen atoms in total. The monoisotopic (exact) mass is 435 g/mol. The molecule has 0 unspecified atom stereocenters. The fourth-order valence-electron chi connectivity index (χ4n) is 3.47. The summed E-state index contributed by atoms with van der Waals surface area (Å²) in [6, 6.07) is 12.6. The minimum absolute atomic E-state index is 0.0327. The molecule has 0 fully saturated rings. The maximum absolute atomic E-state index is 12.6. The molecule has 0 saturated carbocycles. The highest BCUT2D eigenvalue weighted by Gasteiger charge is 2.17. The summed E-state index contributed by atoms with van der Waals surface area (Å²) in [5, 5.41) is 8.99. The van der Waals surface area contributed by atoms with E-state index in [0.29, 0.717) is 11.6 Å². The summed E-state index contributed by atoms with van der Waals surface area (Å²) in [5.74, 6) is -0.432. The third-order valence-electron chi connectivity index (χ3n) is 5.17. The first-order valence-electron chi connectivity index (χ1n) is 11.3. The Morgan fingerprint density at radius 1 is 0.844 bits per heavy atom. The van der Waals surface area contributed by atoms with Gasteiger partial charge in [-0.15, -0.1) is 0 Å². The normalized spacial score (nSPS) is 12.6. The van der Waals surface area contributed by atoms with Gasteiger partial charge in [-0.3, -0.25) is 9.59 Å². The largest absolute Gasteiger partial charge is 0.383 e. The standard InChI is InChI=1S/C27H37N3O2/c1-16(2)28-24-11-9-22(10-12-24)25-15-18(5)23(13-19(25)6)14-20(7)26(31)30-21(8)27(32)29-17(3)4/h9-17,21,28H,1-8H3,(H,29,32)(H,30,31)/t21-/m1/s1. The van der Waals surface area contributed by atoms with Gasteiger partial charge in [0.2, 0.25) is 11.8 Å². The van der Waals surface area contributed by atoms with Crippen LogP contribution < -0.4 is 16.0 Å². The van der Waals surface area contributed by atoms with Crippen LogP contribution in [-0.4, -0.2) is 29.9 Å². The molecule has 0 aliphatic rings. The molecule has 0 aromatic heterocycles. The van der Waals surface area contributed by atoms with Gasteiger partial charge in [-0.25, -0.2) is 0 Å². The van der Waals surface area contributed by atoms with Crippen molar-refractivity contribution in [3.63, 3.8) is 0 Å². The molecular formula is C27H37N3O2. The molecule has 0 heterocycles. The van der Waals surface area contributed by atoms with Crippen molar-refractivity contribution < 1.29 is 9.59 Å². The number of nitrogens with one attached hydrogen (secondary N) is 3. The number of aryl methyl sites for hydroxylation is 2. The van der Waals surface area contributed by atoms with Crippen LogP contribution in [0.25, 0.3) is 17.2 Å². The second-order valence-electron chi connectivity index (χ2n) is 9.09. The number of rotatable bonds is 8. The summed E-state index contributed by atoms with van der Waals surface area (Å²) in [4.78, 5) is 24.6. The molecule has 2 aromatic carbocycles. The Hall–Kier alpha value is -3.08. The number of amides is 2. The van der Waals surface area contributed by atoms with E-state index in [-0.39, 0.29) is 17.9 Å². The highest BCUT2D eigenvalue weighted by molar-refractivity contribution is 6.00. The number of carbonyl (C=O) groups is 2. The minimum atomic E-state index is -0.591. The van der Waals surface area contributed by atoms with Crippen molar-refractivity contribution in [3.8, 4) is 11.1 Å². The van der Waals surface area contributed by atoms with Crippen molar-refractivity contribution in [2.45, 2.75) is 73.5 Å². The van der Waals surface area contributed by atoms with E-state index in [4.69, 9.17) is 0 Å². The molecule has 2 amide bonds. The molecule has 5 heteroatoms. The summed E-state index contributed by atoms with van der Waals surface area (Å²) in [6.07, 6.45) is 1.88. The molecule has 3 N–H and O–H groups in total. The first kappa shape index (κ1) is 25.2. The SMILES string of the molecule is CC(=Cc1cc(C)c(-c2ccc(NC(C)C)cc2)cc1C)C(=O)N[C@H](C)C(=O)NC(C)C. The Kier molecular flexibility index (Phi) is 8.64. The lowest BCUT2D eigenvalue weighted by molar-refractivity contribution is -0.127. The van der Waals surface area contributed by atoms with Crippen LogP contribution in [0.5, 0.6) is 0 Å². The Balaban J connectivity index is 2.19. The lowest BCUT2D eigenvalue weighted by Crippen LogP contribution is -2.46. The Morgan fingerprint density at radius 3 is 2.03 bits per heavy atom. The van der Waals surface area contributed by atoms with Crippen LogP contribution >= 0.6 is 0 Å². The number of carbonyl (C=O) groups excluding carboxylic acids is 2. The fourth-order valence-corrected chi connectivity index (χ4v) is 3.47. The zero-order chi connectivity index (χ0) is 24.0. The summed E-state index contributed by atoms with van der Waals surface area (Å²) < 4.78 is 0. The van der Waals surface area contributed by atoms with Gasteiger partial charge in [-0.2, -0.15) is 0 Å². The van der Waals surface area contributed by atoms with Crippen LogP contribution in [0.4, 0.5) is 5.69 Å². The second kappa shape index (κ2) is 11.0. The van der Waals surface area contributed by atoms with Crippen LogP contribution in [-0.2, 0) is 9.59 Å². The van der Waals surface area contributed by atoms with Crippen molar-refractivity contribution in [3.05, 3.63) is 58.7 Å². The molecule has 172 valence electrons. The maximum atomic E-state index is 12.6. The van der Waals surface area contributed by atoms with E-state index in [9.17, 15) is 9.59 Å². The van der Waals surface area contributed by atoms with Gasteiger partial charge in [0.05, 0.1) is 0 Å². The molecule has 2 aromatic rings. The summed E-state index contributed by atoms with van der Waals surface area (Å²) in [5.41, 5.74) is 7.24. The van der Waals surface area contributed by atoms with Crippen molar-refractivity contribution in [1.29, 1.82) is 0 Å². The average Bonchev–Trinajstić information content (AvgIpc) is 2.70. The van der Waals surface area contributed by atoms with E-state index in [0.717, 1.165) is 27.9 Å². The topological polar surface area (TPSA) is 70.2 Å². The first-order chi connectivity index (χ1) is 15.0. The van der Waals surface area contributed by atoms with Crippen molar-refractivity contribution in [2.75, 3.05) is 5.32 Å². The highest BCUT2D eigenvalue weighted by Crippen LogP contribution is 2.29. The lowest BCUT2D eigenvalue weighted by atomic mass is 9.94. The molecule has 0 aliphatic carbocycles. The van der Waals surface area contributed by atoms with Crippen molar-refractivity contribution in [2.24, 2.45) is 0 Å². The number of hydrogen-bond donors (Lipinski definition) is 3. The maximum Gasteiger partial charge on any atom is 0.247 e. The Bertz CT molecular complexity index is 989. The number of hydrogen-bond acceptors (Lipinski definition) is 3. The molecule has 2 rings (SSSR count). The Morgan fingerprint density at radius 2 is 1.47 bits per heavy atom. The van der Waals surface area contributed by atoms with Gasteiger partial charge in [-0.05, 0) is 101 Å². The predicted octanol–water partition coefficient (Wildman–Crippen LogP) is 5.22. The third kappa shape index (κ3) is 6.98. The molecule has 0 saturated heterocycles. The second-order valence-corrected chi connectivity index (χ2v) is 9.09. The average molecular weight is 436 g/mol. The van der Waals surface area contributed by atoms with Gasteiger partial charge < -0.3 is 16.0 Å². The van der Waals surface area contributed by atoms with E-state index in [1.165, 1.54) is 5.56 Å². The van der Waals surface area contributed by atoms with E-state index < -0.39 is 6.04 Å². The van der Waals surface area contributed by atoms with Gasteiger partial charge in [0.1, 0.15) is 6.04 Å². The molecule has 0 aliphatic heterocycles. The van der Waals surface area contributed by atoms with Crippen LogP contribution in [0.15, 0.2) is 42.0 Å². The fraction of sp³-hybridized carbons (Fsp3) is 0.407. The molecule has 32 heavy (non-hydrogen) atoms. The van der Waals surface area contributed by atoms with Crippen LogP contribution in [0, 0.1) is 13.8 Å². The van der Waals surface area contributed by atoms with E-state index in [2.05, 4.69) is 73.1 Å². The highest BCUT2D eigenvalue weighted by atomic mass is 16.2. The molecular weight excluding hydrogens is 398 g/mol. The number of benzene rings is 2. The van der Waals surface area contributed by atoms with Gasteiger partial charge >= 0.3 is 0 Å². The Labute approximate surface area is 192 Å². The smallest absolute Gasteiger partial charge is 0.247 e. The van der Waals surface area contributed by atoms with Gasteiger partial charge in [0.15, 0.2) is 0 Å². The van der Waals surface area contributed by atoms with Crippen molar-refractivity contribution >= 4 is 23.6 Å². The molecule has 0 radical (unpaired) electrons. The zero-order valence-electron chi connectivity index (χ0n) is 20.6. The predicted molar refractivity (Wildman–Crippen MR) is 135 cm³/mol. The summed E-state index contributed by atoms with van der Waals surface area (Å²) in [6.45, 7) is 15.6. The van der Waals surface area contributed by atoms with E-state index in [1.807, 2.05) is 26.8 Å². The van der Waals surface area contributed by atoms with E-state index in [1.54, 1.807) is 13.8 Å². The van der Waals surface area contributed by atoms with Crippen LogP contribution in [0.3, 0.4) is 0 Å². The van der Waals surface area contributed by atoms with Crippen LogP contribution in [0.2, 0.25) is 0 Å². The molecule has 0 bridgehead atoms. The van der Waals surface area contributed by atoms with E-state index >= 15 is 0 Å². The van der Waals surface area contributed by atoms with Gasteiger partial charge in [-0.1, -0.05) is 24.3 Å². The zero-order valence-corrected chi connectivity index (χ0v) is 20.6.